The Morgan fingerprint density at radius 3 is 2.66 bits per heavy atom. The lowest BCUT2D eigenvalue weighted by atomic mass is 10.1. The van der Waals surface area contributed by atoms with Gasteiger partial charge in [-0.15, -0.1) is 0 Å². The van der Waals surface area contributed by atoms with Crippen LogP contribution in [0.1, 0.15) is 31.0 Å². The van der Waals surface area contributed by atoms with Crippen LogP contribution in [0.2, 0.25) is 0 Å². The lowest BCUT2D eigenvalue weighted by Crippen LogP contribution is -2.31. The lowest BCUT2D eigenvalue weighted by molar-refractivity contribution is -0.123. The van der Waals surface area contributed by atoms with Crippen molar-refractivity contribution in [1.82, 2.24) is 20.1 Å². The van der Waals surface area contributed by atoms with Gasteiger partial charge in [0.25, 0.3) is 5.91 Å². The predicted octanol–water partition coefficient (Wildman–Crippen LogP) is 3.57. The summed E-state index contributed by atoms with van der Waals surface area (Å²) in [5.41, 5.74) is 2.89. The van der Waals surface area contributed by atoms with Crippen LogP contribution in [-0.2, 0) is 4.79 Å². The number of hydrogen-bond acceptors (Lipinski definition) is 5. The van der Waals surface area contributed by atoms with Crippen LogP contribution < -0.4 is 14.8 Å². The summed E-state index contributed by atoms with van der Waals surface area (Å²) in [4.78, 5) is 16.2. The van der Waals surface area contributed by atoms with Crippen molar-refractivity contribution in [2.45, 2.75) is 19.9 Å². The zero-order chi connectivity index (χ0) is 20.6. The normalized spacial score (nSPS) is 12.0. The third-order valence-corrected chi connectivity index (χ3v) is 4.36. The molecule has 0 spiro atoms. The van der Waals surface area contributed by atoms with E-state index in [1.54, 1.807) is 24.2 Å². The minimum Gasteiger partial charge on any atom is -0.493 e. The molecule has 0 bridgehead atoms. The Balaban J connectivity index is 1.56. The summed E-state index contributed by atoms with van der Waals surface area (Å²) in [5, 5.41) is 7.04. The van der Waals surface area contributed by atoms with Crippen molar-refractivity contribution in [1.29, 1.82) is 0 Å². The molecule has 0 aliphatic carbocycles. The van der Waals surface area contributed by atoms with Crippen LogP contribution in [0.15, 0.2) is 61.2 Å². The highest BCUT2D eigenvalue weighted by molar-refractivity contribution is 5.78. The van der Waals surface area contributed by atoms with Gasteiger partial charge in [-0.2, -0.15) is 5.10 Å². The van der Waals surface area contributed by atoms with Crippen molar-refractivity contribution >= 4 is 12.0 Å². The van der Waals surface area contributed by atoms with E-state index >= 15 is 0 Å². The van der Waals surface area contributed by atoms with E-state index in [2.05, 4.69) is 15.4 Å². The monoisotopic (exact) mass is 392 g/mol. The summed E-state index contributed by atoms with van der Waals surface area (Å²) in [6.45, 7) is 3.78. The SMILES string of the molecule is C/C=C/c1ccc(OCC(=O)NC(C)c2ccc(-n3cncn3)cc2)c(OC)c1. The van der Waals surface area contributed by atoms with Gasteiger partial charge in [-0.3, -0.25) is 4.79 Å². The van der Waals surface area contributed by atoms with E-state index in [0.717, 1.165) is 16.8 Å². The molecule has 7 heteroatoms. The van der Waals surface area contributed by atoms with Crippen LogP contribution >= 0.6 is 0 Å². The average molecular weight is 392 g/mol. The molecule has 1 aromatic heterocycles. The summed E-state index contributed by atoms with van der Waals surface area (Å²) < 4.78 is 12.7. The van der Waals surface area contributed by atoms with Gasteiger partial charge in [0, 0.05) is 0 Å². The fourth-order valence-electron chi connectivity index (χ4n) is 2.87. The number of rotatable bonds is 8. The van der Waals surface area contributed by atoms with Gasteiger partial charge in [-0.1, -0.05) is 30.4 Å². The molecule has 0 saturated carbocycles. The molecule has 1 atom stereocenters. The molecule has 1 amide bonds. The highest BCUT2D eigenvalue weighted by Gasteiger charge is 2.12. The highest BCUT2D eigenvalue weighted by atomic mass is 16.5. The highest BCUT2D eigenvalue weighted by Crippen LogP contribution is 2.28. The standard InChI is InChI=1S/C22H24N4O3/c1-4-5-17-6-11-20(21(12-17)28-3)29-13-22(27)25-16(2)18-7-9-19(10-8-18)26-15-23-14-24-26/h4-12,14-16H,13H2,1-3H3,(H,25,27)/b5-4+. The smallest absolute Gasteiger partial charge is 0.258 e. The van der Waals surface area contributed by atoms with Gasteiger partial charge in [0.2, 0.25) is 0 Å². The van der Waals surface area contributed by atoms with E-state index in [4.69, 9.17) is 9.47 Å². The van der Waals surface area contributed by atoms with Gasteiger partial charge < -0.3 is 14.8 Å². The van der Waals surface area contributed by atoms with Gasteiger partial charge in [0.1, 0.15) is 12.7 Å². The van der Waals surface area contributed by atoms with E-state index in [1.165, 1.54) is 6.33 Å². The largest absolute Gasteiger partial charge is 0.493 e. The maximum Gasteiger partial charge on any atom is 0.258 e. The molecule has 150 valence electrons. The van der Waals surface area contributed by atoms with Gasteiger partial charge in [0.15, 0.2) is 18.1 Å². The summed E-state index contributed by atoms with van der Waals surface area (Å²) >= 11 is 0. The van der Waals surface area contributed by atoms with E-state index in [0.29, 0.717) is 11.5 Å². The summed E-state index contributed by atoms with van der Waals surface area (Å²) in [6, 6.07) is 13.2. The second kappa shape index (κ2) is 9.54. The van der Waals surface area contributed by atoms with Crippen LogP contribution in [0.4, 0.5) is 0 Å². The summed E-state index contributed by atoms with van der Waals surface area (Å²) in [5.74, 6) is 0.906. The molecule has 0 saturated heterocycles. The van der Waals surface area contributed by atoms with Gasteiger partial charge >= 0.3 is 0 Å². The first-order chi connectivity index (χ1) is 14.1. The predicted molar refractivity (Wildman–Crippen MR) is 111 cm³/mol. The number of ether oxygens (including phenoxy) is 2. The molecule has 0 aliphatic rings. The Labute approximate surface area is 170 Å². The first kappa shape index (κ1) is 20.1. The van der Waals surface area contributed by atoms with Crippen LogP contribution in [-0.4, -0.2) is 34.4 Å². The first-order valence-corrected chi connectivity index (χ1v) is 9.28. The molecule has 1 heterocycles. The third-order valence-electron chi connectivity index (χ3n) is 4.36. The molecule has 3 rings (SSSR count). The Bertz CT molecular complexity index is 966. The fraction of sp³-hybridized carbons (Fsp3) is 0.227. The number of aromatic nitrogens is 3. The average Bonchev–Trinajstić information content (AvgIpc) is 3.28. The van der Waals surface area contributed by atoms with Crippen molar-refractivity contribution < 1.29 is 14.3 Å². The van der Waals surface area contributed by atoms with Crippen molar-refractivity contribution in [2.75, 3.05) is 13.7 Å². The topological polar surface area (TPSA) is 78.3 Å². The molecule has 2 aromatic carbocycles. The molecule has 29 heavy (non-hydrogen) atoms. The maximum absolute atomic E-state index is 12.3. The van der Waals surface area contributed by atoms with E-state index in [9.17, 15) is 4.79 Å². The number of allylic oxidation sites excluding steroid dienone is 1. The zero-order valence-corrected chi connectivity index (χ0v) is 16.7. The Morgan fingerprint density at radius 1 is 1.21 bits per heavy atom. The van der Waals surface area contributed by atoms with Crippen LogP contribution in [0.3, 0.4) is 0 Å². The Morgan fingerprint density at radius 2 is 2.00 bits per heavy atom. The minimum absolute atomic E-state index is 0.0965. The van der Waals surface area contributed by atoms with Crippen LogP contribution in [0, 0.1) is 0 Å². The van der Waals surface area contributed by atoms with Gasteiger partial charge in [-0.05, 0) is 49.2 Å². The van der Waals surface area contributed by atoms with Crippen molar-refractivity contribution in [3.8, 4) is 17.2 Å². The van der Waals surface area contributed by atoms with Crippen LogP contribution in [0.5, 0.6) is 11.5 Å². The third kappa shape index (κ3) is 5.22. The number of nitrogens with one attached hydrogen (secondary N) is 1. The molecule has 1 N–H and O–H groups in total. The van der Waals surface area contributed by atoms with Gasteiger partial charge in [0.05, 0.1) is 18.8 Å². The number of nitrogens with zero attached hydrogens (tertiary/aromatic N) is 3. The number of methoxy groups -OCH3 is 1. The summed E-state index contributed by atoms with van der Waals surface area (Å²) in [6.07, 6.45) is 7.04. The van der Waals surface area contributed by atoms with E-state index in [-0.39, 0.29) is 18.6 Å². The number of hydrogen-bond donors (Lipinski definition) is 1. The molecule has 0 aliphatic heterocycles. The second-order valence-electron chi connectivity index (χ2n) is 6.42. The molecule has 0 fully saturated rings. The fourth-order valence-corrected chi connectivity index (χ4v) is 2.87. The second-order valence-corrected chi connectivity index (χ2v) is 6.42. The first-order valence-electron chi connectivity index (χ1n) is 9.28. The molecule has 0 radical (unpaired) electrons. The zero-order valence-electron chi connectivity index (χ0n) is 16.7. The summed E-state index contributed by atoms with van der Waals surface area (Å²) in [7, 11) is 1.58. The Kier molecular flexibility index (Phi) is 6.63. The number of carbonyl (C=O) groups is 1. The maximum atomic E-state index is 12.3. The van der Waals surface area contributed by atoms with Crippen LogP contribution in [0.25, 0.3) is 11.8 Å². The quantitative estimate of drug-likeness (QED) is 0.634. The molecular weight excluding hydrogens is 368 g/mol. The molecule has 3 aromatic rings. The number of benzene rings is 2. The lowest BCUT2D eigenvalue weighted by Gasteiger charge is -2.16. The minimum atomic E-state index is -0.211. The molecule has 7 nitrogen and oxygen atoms in total. The molecular formula is C22H24N4O3. The van der Waals surface area contributed by atoms with Crippen molar-refractivity contribution in [3.05, 3.63) is 72.3 Å². The Hall–Kier alpha value is -3.61. The van der Waals surface area contributed by atoms with E-state index < -0.39 is 0 Å². The van der Waals surface area contributed by atoms with E-state index in [1.807, 2.05) is 62.4 Å². The molecule has 1 unspecified atom stereocenters. The van der Waals surface area contributed by atoms with Crippen molar-refractivity contribution in [3.63, 3.8) is 0 Å². The van der Waals surface area contributed by atoms with Gasteiger partial charge in [-0.25, -0.2) is 9.67 Å². The number of amides is 1. The number of carbonyl (C=O) groups excluding carboxylic acids is 1. The van der Waals surface area contributed by atoms with Crippen molar-refractivity contribution in [2.24, 2.45) is 0 Å².